The lowest BCUT2D eigenvalue weighted by molar-refractivity contribution is -0.156. The maximum atomic E-state index is 11.2. The zero-order chi connectivity index (χ0) is 12.3. The normalized spacial score (nSPS) is 14.8. The molecule has 0 aliphatic rings. The van der Waals surface area contributed by atoms with Crippen molar-refractivity contribution in [3.63, 3.8) is 0 Å². The predicted molar refractivity (Wildman–Crippen MR) is 51.2 cm³/mol. The van der Waals surface area contributed by atoms with Crippen molar-refractivity contribution in [2.75, 3.05) is 0 Å². The Balaban J connectivity index is 4.07. The van der Waals surface area contributed by atoms with Crippen molar-refractivity contribution >= 4 is 13.8 Å². The smallest absolute Gasteiger partial charge is 0.459 e. The average Bonchev–Trinajstić information content (AvgIpc) is 1.95. The standard InChI is InChI=1S/C7H15NO6P/c1-7(2,3)14-6(9)5(8)4-13-15(10,11)12/h4-5H,8H2,1-3H3,(H2,10,11,12). The second-order valence-electron chi connectivity index (χ2n) is 3.79. The Morgan fingerprint density at radius 2 is 1.93 bits per heavy atom. The predicted octanol–water partition coefficient (Wildman–Crippen LogP) is -0.0735. The number of carbonyl (C=O) groups excluding carboxylic acids is 1. The van der Waals surface area contributed by atoms with E-state index < -0.39 is 25.4 Å². The number of rotatable bonds is 4. The van der Waals surface area contributed by atoms with E-state index in [1.165, 1.54) is 0 Å². The van der Waals surface area contributed by atoms with Crippen LogP contribution in [0.1, 0.15) is 20.8 Å². The number of phosphoric acid groups is 1. The van der Waals surface area contributed by atoms with Crippen molar-refractivity contribution in [2.24, 2.45) is 5.73 Å². The lowest BCUT2D eigenvalue weighted by Gasteiger charge is -2.21. The van der Waals surface area contributed by atoms with Crippen LogP contribution in [0.4, 0.5) is 0 Å². The van der Waals surface area contributed by atoms with Crippen LogP contribution in [0.2, 0.25) is 0 Å². The van der Waals surface area contributed by atoms with Gasteiger partial charge in [0.2, 0.25) is 0 Å². The van der Waals surface area contributed by atoms with Crippen LogP contribution in [0.5, 0.6) is 0 Å². The largest absolute Gasteiger partial charge is 0.470 e. The van der Waals surface area contributed by atoms with Gasteiger partial charge in [0, 0.05) is 0 Å². The molecule has 0 aromatic rings. The summed E-state index contributed by atoms with van der Waals surface area (Å²) in [6, 6.07) is -1.34. The van der Waals surface area contributed by atoms with Gasteiger partial charge in [-0.25, -0.2) is 4.57 Å². The zero-order valence-electron chi connectivity index (χ0n) is 8.71. The Hall–Kier alpha value is -0.460. The third kappa shape index (κ3) is 8.53. The zero-order valence-corrected chi connectivity index (χ0v) is 9.60. The molecule has 89 valence electrons. The van der Waals surface area contributed by atoms with E-state index in [0.29, 0.717) is 6.61 Å². The molecule has 0 amide bonds. The van der Waals surface area contributed by atoms with Crippen LogP contribution in [0, 0.1) is 6.61 Å². The molecule has 0 spiro atoms. The second kappa shape index (κ2) is 5.05. The van der Waals surface area contributed by atoms with Gasteiger partial charge in [-0.1, -0.05) is 0 Å². The van der Waals surface area contributed by atoms with Gasteiger partial charge in [0.25, 0.3) is 0 Å². The van der Waals surface area contributed by atoms with E-state index in [1.807, 2.05) is 0 Å². The van der Waals surface area contributed by atoms with Crippen LogP contribution >= 0.6 is 7.82 Å². The maximum absolute atomic E-state index is 11.2. The topological polar surface area (TPSA) is 119 Å². The fourth-order valence-electron chi connectivity index (χ4n) is 0.570. The van der Waals surface area contributed by atoms with Crippen molar-refractivity contribution in [3.05, 3.63) is 6.61 Å². The summed E-state index contributed by atoms with van der Waals surface area (Å²) in [5.41, 5.74) is 4.52. The van der Waals surface area contributed by atoms with E-state index in [4.69, 9.17) is 20.3 Å². The Morgan fingerprint density at radius 3 is 2.27 bits per heavy atom. The number of ether oxygens (including phenoxy) is 1. The molecule has 0 aromatic heterocycles. The molecule has 0 aliphatic carbocycles. The molecule has 8 heteroatoms. The molecule has 4 N–H and O–H groups in total. The first-order valence-electron chi connectivity index (χ1n) is 4.07. The summed E-state index contributed by atoms with van der Waals surface area (Å²) in [5, 5.41) is 0. The minimum Gasteiger partial charge on any atom is -0.459 e. The summed E-state index contributed by atoms with van der Waals surface area (Å²) in [6.45, 7) is 5.47. The third-order valence-corrected chi connectivity index (χ3v) is 1.42. The monoisotopic (exact) mass is 240 g/mol. The van der Waals surface area contributed by atoms with Crippen LogP contribution in [-0.2, 0) is 18.6 Å². The summed E-state index contributed by atoms with van der Waals surface area (Å²) >= 11 is 0. The number of phosphoric ester groups is 1. The molecule has 0 bridgehead atoms. The molecule has 0 aliphatic heterocycles. The Morgan fingerprint density at radius 1 is 1.47 bits per heavy atom. The number of nitrogens with two attached hydrogens (primary N) is 1. The van der Waals surface area contributed by atoms with Crippen molar-refractivity contribution in [1.29, 1.82) is 0 Å². The molecule has 1 radical (unpaired) electrons. The summed E-state index contributed by atoms with van der Waals surface area (Å²) in [4.78, 5) is 27.8. The summed E-state index contributed by atoms with van der Waals surface area (Å²) < 4.78 is 19.1. The fraction of sp³-hybridized carbons (Fsp3) is 0.714. The van der Waals surface area contributed by atoms with Crippen LogP contribution in [0.3, 0.4) is 0 Å². The minimum atomic E-state index is -4.65. The number of esters is 1. The highest BCUT2D eigenvalue weighted by atomic mass is 31.2. The van der Waals surface area contributed by atoms with Gasteiger partial charge >= 0.3 is 13.8 Å². The summed E-state index contributed by atoms with van der Waals surface area (Å²) in [7, 11) is -4.65. The molecule has 0 saturated heterocycles. The van der Waals surface area contributed by atoms with Gasteiger partial charge in [-0.15, -0.1) is 0 Å². The SMILES string of the molecule is CC(C)(C)OC(=O)C(N)[CH]OP(=O)(O)O. The van der Waals surface area contributed by atoms with E-state index >= 15 is 0 Å². The van der Waals surface area contributed by atoms with E-state index in [-0.39, 0.29) is 0 Å². The van der Waals surface area contributed by atoms with Crippen molar-refractivity contribution in [3.8, 4) is 0 Å². The van der Waals surface area contributed by atoms with Gasteiger partial charge in [-0.2, -0.15) is 0 Å². The van der Waals surface area contributed by atoms with Gasteiger partial charge in [0.05, 0.1) is 0 Å². The van der Waals surface area contributed by atoms with Gasteiger partial charge in [-0.3, -0.25) is 9.32 Å². The van der Waals surface area contributed by atoms with E-state index in [1.54, 1.807) is 20.8 Å². The summed E-state index contributed by atoms with van der Waals surface area (Å²) in [5.74, 6) is -0.823. The molecule has 1 atom stereocenters. The van der Waals surface area contributed by atoms with Crippen LogP contribution in [0.15, 0.2) is 0 Å². The number of hydrogen-bond donors (Lipinski definition) is 3. The van der Waals surface area contributed by atoms with Gasteiger partial charge < -0.3 is 20.3 Å². The molecule has 0 heterocycles. The average molecular weight is 240 g/mol. The molecule has 0 saturated carbocycles. The Kier molecular flexibility index (Phi) is 4.89. The van der Waals surface area contributed by atoms with E-state index in [2.05, 4.69) is 4.52 Å². The second-order valence-corrected chi connectivity index (χ2v) is 4.98. The molecular formula is C7H15NO6P. The lowest BCUT2D eigenvalue weighted by atomic mass is 10.2. The van der Waals surface area contributed by atoms with E-state index in [9.17, 15) is 9.36 Å². The highest BCUT2D eigenvalue weighted by Gasteiger charge is 2.25. The first-order chi connectivity index (χ1) is 6.51. The van der Waals surface area contributed by atoms with Crippen LogP contribution < -0.4 is 5.73 Å². The quantitative estimate of drug-likeness (QED) is 0.464. The highest BCUT2D eigenvalue weighted by molar-refractivity contribution is 7.46. The van der Waals surface area contributed by atoms with Crippen molar-refractivity contribution < 1.29 is 28.4 Å². The first-order valence-corrected chi connectivity index (χ1v) is 5.60. The Labute approximate surface area is 87.8 Å². The molecule has 1 unspecified atom stereocenters. The molecule has 15 heavy (non-hydrogen) atoms. The van der Waals surface area contributed by atoms with Crippen molar-refractivity contribution in [2.45, 2.75) is 32.4 Å². The Bertz CT molecular complexity index is 267. The highest BCUT2D eigenvalue weighted by Crippen LogP contribution is 2.36. The molecule has 0 aromatic carbocycles. The molecular weight excluding hydrogens is 225 g/mol. The van der Waals surface area contributed by atoms with Gasteiger partial charge in [-0.05, 0) is 20.8 Å². The number of hydrogen-bond acceptors (Lipinski definition) is 5. The first kappa shape index (κ1) is 14.5. The molecule has 0 rings (SSSR count). The van der Waals surface area contributed by atoms with Crippen molar-refractivity contribution in [1.82, 2.24) is 0 Å². The lowest BCUT2D eigenvalue weighted by Crippen LogP contribution is -2.38. The van der Waals surface area contributed by atoms with Gasteiger partial charge in [0.1, 0.15) is 18.2 Å². The third-order valence-electron chi connectivity index (χ3n) is 1.02. The minimum absolute atomic E-state index is 0.550. The van der Waals surface area contributed by atoms with Crippen LogP contribution in [0.25, 0.3) is 0 Å². The van der Waals surface area contributed by atoms with Crippen LogP contribution in [-0.4, -0.2) is 27.4 Å². The van der Waals surface area contributed by atoms with Gasteiger partial charge in [0.15, 0.2) is 0 Å². The maximum Gasteiger partial charge on any atom is 0.470 e. The van der Waals surface area contributed by atoms with E-state index in [0.717, 1.165) is 0 Å². The molecule has 0 fully saturated rings. The summed E-state index contributed by atoms with van der Waals surface area (Å²) in [6.07, 6.45) is 0. The molecule has 7 nitrogen and oxygen atoms in total. The number of carbonyl (C=O) groups is 1. The fourth-order valence-corrected chi connectivity index (χ4v) is 0.860.